The lowest BCUT2D eigenvalue weighted by Crippen LogP contribution is -2.33. The SMILES string of the molecule is O=C(CC1Sc2ccccc2NC1=O)Nc1cc(Br)c[nH]c1=O. The molecule has 0 radical (unpaired) electrons. The van der Waals surface area contributed by atoms with Gasteiger partial charge in [0.05, 0.1) is 10.9 Å². The maximum absolute atomic E-state index is 12.1. The number of anilines is 2. The number of rotatable bonds is 3. The van der Waals surface area contributed by atoms with Crippen LogP contribution in [0.2, 0.25) is 0 Å². The number of hydrogen-bond acceptors (Lipinski definition) is 4. The Labute approximate surface area is 144 Å². The van der Waals surface area contributed by atoms with Gasteiger partial charge in [0.15, 0.2) is 0 Å². The van der Waals surface area contributed by atoms with Crippen molar-refractivity contribution >= 4 is 50.9 Å². The zero-order chi connectivity index (χ0) is 16.4. The van der Waals surface area contributed by atoms with Crippen LogP contribution in [0.25, 0.3) is 0 Å². The van der Waals surface area contributed by atoms with Gasteiger partial charge in [0.1, 0.15) is 5.69 Å². The van der Waals surface area contributed by atoms with Crippen molar-refractivity contribution in [2.75, 3.05) is 10.6 Å². The molecule has 0 bridgehead atoms. The first-order valence-electron chi connectivity index (χ1n) is 6.77. The zero-order valence-corrected chi connectivity index (χ0v) is 14.2. The van der Waals surface area contributed by atoms with E-state index >= 15 is 0 Å². The number of benzene rings is 1. The third-order valence-corrected chi connectivity index (χ3v) is 4.95. The molecule has 1 aliphatic rings. The lowest BCUT2D eigenvalue weighted by molar-refractivity contribution is -0.120. The molecule has 2 aromatic rings. The van der Waals surface area contributed by atoms with Crippen molar-refractivity contribution in [1.82, 2.24) is 4.98 Å². The van der Waals surface area contributed by atoms with Gasteiger partial charge in [-0.05, 0) is 34.1 Å². The third kappa shape index (κ3) is 3.65. The van der Waals surface area contributed by atoms with E-state index in [0.717, 1.165) is 10.6 Å². The maximum Gasteiger partial charge on any atom is 0.271 e. The Morgan fingerprint density at radius 2 is 2.09 bits per heavy atom. The summed E-state index contributed by atoms with van der Waals surface area (Å²) in [5.74, 6) is -0.604. The summed E-state index contributed by atoms with van der Waals surface area (Å²) in [6, 6.07) is 8.94. The van der Waals surface area contributed by atoms with Gasteiger partial charge < -0.3 is 15.6 Å². The van der Waals surface area contributed by atoms with E-state index in [1.54, 1.807) is 0 Å². The van der Waals surface area contributed by atoms with Crippen LogP contribution in [0.3, 0.4) is 0 Å². The molecule has 3 rings (SSSR count). The van der Waals surface area contributed by atoms with Crippen LogP contribution in [0.4, 0.5) is 11.4 Å². The van der Waals surface area contributed by atoms with Crippen LogP contribution in [0.1, 0.15) is 6.42 Å². The summed E-state index contributed by atoms with van der Waals surface area (Å²) in [4.78, 5) is 39.3. The molecular formula is C15H12BrN3O3S. The van der Waals surface area contributed by atoms with Gasteiger partial charge in [0.2, 0.25) is 11.8 Å². The second-order valence-corrected chi connectivity index (χ2v) is 7.07. The number of hydrogen-bond donors (Lipinski definition) is 3. The van der Waals surface area contributed by atoms with Gasteiger partial charge >= 0.3 is 0 Å². The van der Waals surface area contributed by atoms with Crippen LogP contribution in [0.5, 0.6) is 0 Å². The summed E-state index contributed by atoms with van der Waals surface area (Å²) in [7, 11) is 0. The molecule has 2 amide bonds. The first-order valence-corrected chi connectivity index (χ1v) is 8.45. The smallest absolute Gasteiger partial charge is 0.271 e. The highest BCUT2D eigenvalue weighted by Crippen LogP contribution is 2.36. The van der Waals surface area contributed by atoms with E-state index in [4.69, 9.17) is 0 Å². The molecule has 0 saturated heterocycles. The Bertz CT molecular complexity index is 837. The second-order valence-electron chi connectivity index (χ2n) is 4.90. The highest BCUT2D eigenvalue weighted by Gasteiger charge is 2.28. The quantitative estimate of drug-likeness (QED) is 0.747. The number of pyridine rings is 1. The molecule has 118 valence electrons. The number of aromatic nitrogens is 1. The van der Waals surface area contributed by atoms with Gasteiger partial charge in [0, 0.05) is 22.0 Å². The predicted molar refractivity (Wildman–Crippen MR) is 92.7 cm³/mol. The zero-order valence-electron chi connectivity index (χ0n) is 11.8. The van der Waals surface area contributed by atoms with Gasteiger partial charge in [-0.25, -0.2) is 0 Å². The van der Waals surface area contributed by atoms with Crippen molar-refractivity contribution in [3.05, 3.63) is 51.4 Å². The molecular weight excluding hydrogens is 382 g/mol. The van der Waals surface area contributed by atoms with Crippen LogP contribution in [-0.2, 0) is 9.59 Å². The van der Waals surface area contributed by atoms with Gasteiger partial charge in [0.25, 0.3) is 5.56 Å². The van der Waals surface area contributed by atoms with E-state index in [-0.39, 0.29) is 23.9 Å². The molecule has 0 spiro atoms. The number of aromatic amines is 1. The third-order valence-electron chi connectivity index (χ3n) is 3.22. The molecule has 0 aliphatic carbocycles. The average Bonchev–Trinajstić information content (AvgIpc) is 2.51. The number of para-hydroxylation sites is 1. The molecule has 1 unspecified atom stereocenters. The summed E-state index contributed by atoms with van der Waals surface area (Å²) in [5, 5.41) is 4.79. The first kappa shape index (κ1) is 15.8. The molecule has 3 N–H and O–H groups in total. The van der Waals surface area contributed by atoms with Gasteiger partial charge in [-0.15, -0.1) is 11.8 Å². The van der Waals surface area contributed by atoms with E-state index in [9.17, 15) is 14.4 Å². The van der Waals surface area contributed by atoms with Crippen LogP contribution in [0, 0.1) is 0 Å². The molecule has 0 saturated carbocycles. The standard InChI is InChI=1S/C15H12BrN3O3S/c16-8-5-10(14(21)17-7-8)18-13(20)6-12-15(22)19-9-3-1-2-4-11(9)23-12/h1-5,7,12H,6H2,(H,17,21)(H,18,20)(H,19,22). The van der Waals surface area contributed by atoms with Crippen LogP contribution in [-0.4, -0.2) is 22.0 Å². The Morgan fingerprint density at radius 3 is 2.91 bits per heavy atom. The molecule has 23 heavy (non-hydrogen) atoms. The fraction of sp³-hybridized carbons (Fsp3) is 0.133. The number of H-pyrrole nitrogens is 1. The van der Waals surface area contributed by atoms with E-state index < -0.39 is 10.8 Å². The highest BCUT2D eigenvalue weighted by molar-refractivity contribution is 9.10. The van der Waals surface area contributed by atoms with Gasteiger partial charge in [-0.2, -0.15) is 0 Å². The van der Waals surface area contributed by atoms with Crippen molar-refractivity contribution in [2.45, 2.75) is 16.6 Å². The second kappa shape index (κ2) is 6.59. The van der Waals surface area contributed by atoms with E-state index in [1.807, 2.05) is 24.3 Å². The fourth-order valence-electron chi connectivity index (χ4n) is 2.15. The normalized spacial score (nSPS) is 16.4. The Morgan fingerprint density at radius 1 is 1.30 bits per heavy atom. The molecule has 1 aliphatic heterocycles. The number of amides is 2. The van der Waals surface area contributed by atoms with Crippen LogP contribution in [0.15, 0.2) is 50.7 Å². The number of carbonyl (C=O) groups excluding carboxylic acids is 2. The maximum atomic E-state index is 12.1. The predicted octanol–water partition coefficient (Wildman–Crippen LogP) is 2.58. The Balaban J connectivity index is 1.70. The molecule has 1 aromatic heterocycles. The Kier molecular flexibility index (Phi) is 4.53. The van der Waals surface area contributed by atoms with Crippen molar-refractivity contribution in [3.8, 4) is 0 Å². The summed E-state index contributed by atoms with van der Waals surface area (Å²) in [6.07, 6.45) is 1.47. The van der Waals surface area contributed by atoms with Gasteiger partial charge in [-0.3, -0.25) is 14.4 Å². The number of fused-ring (bicyclic) bond motifs is 1. The van der Waals surface area contributed by atoms with E-state index in [1.165, 1.54) is 24.0 Å². The summed E-state index contributed by atoms with van der Waals surface area (Å²) in [5.41, 5.74) is 0.501. The number of halogens is 1. The number of carbonyl (C=O) groups is 2. The van der Waals surface area contributed by atoms with Crippen molar-refractivity contribution < 1.29 is 9.59 Å². The van der Waals surface area contributed by atoms with E-state index in [2.05, 4.69) is 31.5 Å². The minimum absolute atomic E-state index is 0.0171. The van der Waals surface area contributed by atoms with Crippen LogP contribution < -0.4 is 16.2 Å². The molecule has 0 fully saturated rings. The van der Waals surface area contributed by atoms with Crippen molar-refractivity contribution in [2.24, 2.45) is 0 Å². The molecule has 1 aromatic carbocycles. The van der Waals surface area contributed by atoms with E-state index in [0.29, 0.717) is 4.47 Å². The minimum atomic E-state index is -0.531. The summed E-state index contributed by atoms with van der Waals surface area (Å²) >= 11 is 4.57. The molecule has 8 heteroatoms. The molecule has 6 nitrogen and oxygen atoms in total. The van der Waals surface area contributed by atoms with Gasteiger partial charge in [-0.1, -0.05) is 12.1 Å². The first-order chi connectivity index (χ1) is 11.0. The Hall–Kier alpha value is -2.06. The van der Waals surface area contributed by atoms with Crippen molar-refractivity contribution in [1.29, 1.82) is 0 Å². The molecule has 2 heterocycles. The monoisotopic (exact) mass is 393 g/mol. The largest absolute Gasteiger partial charge is 0.326 e. The minimum Gasteiger partial charge on any atom is -0.326 e. The summed E-state index contributed by atoms with van der Waals surface area (Å²) < 4.78 is 0.645. The topological polar surface area (TPSA) is 91.1 Å². The average molecular weight is 394 g/mol. The lowest BCUT2D eigenvalue weighted by atomic mass is 10.2. The number of thioether (sulfide) groups is 1. The number of nitrogens with one attached hydrogen (secondary N) is 3. The summed E-state index contributed by atoms with van der Waals surface area (Å²) in [6.45, 7) is 0. The lowest BCUT2D eigenvalue weighted by Gasteiger charge is -2.23. The van der Waals surface area contributed by atoms with Crippen molar-refractivity contribution in [3.63, 3.8) is 0 Å². The fourth-order valence-corrected chi connectivity index (χ4v) is 3.60. The van der Waals surface area contributed by atoms with Crippen LogP contribution >= 0.6 is 27.7 Å². The molecule has 1 atom stereocenters. The highest BCUT2D eigenvalue weighted by atomic mass is 79.9.